The summed E-state index contributed by atoms with van der Waals surface area (Å²) in [5.41, 5.74) is 4.40. The molecule has 0 radical (unpaired) electrons. The smallest absolute Gasteiger partial charge is 0.323 e. The van der Waals surface area contributed by atoms with Gasteiger partial charge in [-0.25, -0.2) is 0 Å². The number of hydrogen-bond donors (Lipinski definition) is 2. The van der Waals surface area contributed by atoms with Crippen LogP contribution in [0.2, 0.25) is 0 Å². The van der Waals surface area contributed by atoms with Crippen molar-refractivity contribution in [3.8, 4) is 0 Å². The van der Waals surface area contributed by atoms with Crippen LogP contribution in [0.1, 0.15) is 27.2 Å². The molecule has 3 N–H and O–H groups in total. The van der Waals surface area contributed by atoms with Crippen LogP contribution in [0, 0.1) is 5.92 Å². The van der Waals surface area contributed by atoms with Gasteiger partial charge in [-0.2, -0.15) is 0 Å². The Balaban J connectivity index is 0. The average molecular weight is 182 g/mol. The van der Waals surface area contributed by atoms with Crippen molar-refractivity contribution in [2.24, 2.45) is 11.7 Å². The van der Waals surface area contributed by atoms with Crippen molar-refractivity contribution in [1.82, 2.24) is 0 Å². The molecule has 0 bridgehead atoms. The third-order valence-corrected chi connectivity index (χ3v) is 1.32. The monoisotopic (exact) mass is 181 g/mol. The number of halogens is 1. The summed E-state index contributed by atoms with van der Waals surface area (Å²) in [7, 11) is 0. The molecular weight excluding hydrogens is 166 g/mol. The van der Waals surface area contributed by atoms with Gasteiger partial charge >= 0.3 is 5.97 Å². The average Bonchev–Trinajstić information content (AvgIpc) is 1.60. The van der Waals surface area contributed by atoms with Gasteiger partial charge in [0.05, 0.1) is 0 Å². The second-order valence-corrected chi connectivity index (χ2v) is 3.32. The first-order valence-corrected chi connectivity index (χ1v) is 3.38. The molecule has 0 aromatic carbocycles. The standard InChI is InChI=1S/C7H15NO2.ClH/c1-5(2)4-7(3,8)6(9)10;/h5H,4,8H2,1-3H3,(H,9,10);1H. The minimum atomic E-state index is -1.06. The number of hydrogen-bond acceptors (Lipinski definition) is 2. The molecule has 0 aromatic heterocycles. The van der Waals surface area contributed by atoms with E-state index in [2.05, 4.69) is 0 Å². The molecule has 11 heavy (non-hydrogen) atoms. The fourth-order valence-electron chi connectivity index (χ4n) is 0.935. The Labute approximate surface area is 73.4 Å². The maximum atomic E-state index is 10.4. The van der Waals surface area contributed by atoms with E-state index in [1.165, 1.54) is 6.92 Å². The molecule has 0 aromatic rings. The third-order valence-electron chi connectivity index (χ3n) is 1.32. The molecule has 1 unspecified atom stereocenters. The predicted octanol–water partition coefficient (Wildman–Crippen LogP) is 1.26. The number of aliphatic carboxylic acids is 1. The van der Waals surface area contributed by atoms with Gasteiger partial charge in [0.1, 0.15) is 5.54 Å². The molecule has 0 spiro atoms. The molecule has 0 saturated heterocycles. The zero-order chi connectivity index (χ0) is 8.36. The molecule has 0 aliphatic rings. The van der Waals surface area contributed by atoms with Crippen LogP contribution in [0.3, 0.4) is 0 Å². The molecule has 3 nitrogen and oxygen atoms in total. The molecule has 0 heterocycles. The second kappa shape index (κ2) is 4.57. The van der Waals surface area contributed by atoms with Crippen LogP contribution in [-0.2, 0) is 4.79 Å². The van der Waals surface area contributed by atoms with Crippen molar-refractivity contribution in [2.45, 2.75) is 32.7 Å². The van der Waals surface area contributed by atoms with Crippen molar-refractivity contribution in [3.63, 3.8) is 0 Å². The maximum absolute atomic E-state index is 10.4. The van der Waals surface area contributed by atoms with E-state index in [0.717, 1.165) is 0 Å². The minimum absolute atomic E-state index is 0. The first kappa shape index (κ1) is 13.3. The maximum Gasteiger partial charge on any atom is 0.323 e. The summed E-state index contributed by atoms with van der Waals surface area (Å²) >= 11 is 0. The van der Waals surface area contributed by atoms with Gasteiger partial charge in [-0.15, -0.1) is 12.4 Å². The van der Waals surface area contributed by atoms with Gasteiger partial charge < -0.3 is 10.8 Å². The van der Waals surface area contributed by atoms with E-state index in [1.807, 2.05) is 13.8 Å². The van der Waals surface area contributed by atoms with E-state index in [-0.39, 0.29) is 12.4 Å². The summed E-state index contributed by atoms with van der Waals surface area (Å²) in [6.45, 7) is 5.44. The highest BCUT2D eigenvalue weighted by Crippen LogP contribution is 2.12. The summed E-state index contributed by atoms with van der Waals surface area (Å²) in [6.07, 6.45) is 0.516. The van der Waals surface area contributed by atoms with Crippen molar-refractivity contribution in [3.05, 3.63) is 0 Å². The number of carboxylic acid groups (broad SMARTS) is 1. The van der Waals surface area contributed by atoms with E-state index in [0.29, 0.717) is 12.3 Å². The predicted molar refractivity (Wildman–Crippen MR) is 46.9 cm³/mol. The van der Waals surface area contributed by atoms with Crippen molar-refractivity contribution in [1.29, 1.82) is 0 Å². The summed E-state index contributed by atoms with van der Waals surface area (Å²) in [5.74, 6) is -0.604. The third kappa shape index (κ3) is 5.04. The lowest BCUT2D eigenvalue weighted by Gasteiger charge is -2.20. The highest BCUT2D eigenvalue weighted by molar-refractivity contribution is 5.85. The highest BCUT2D eigenvalue weighted by atomic mass is 35.5. The zero-order valence-electron chi connectivity index (χ0n) is 7.13. The lowest BCUT2D eigenvalue weighted by Crippen LogP contribution is -2.45. The van der Waals surface area contributed by atoms with Crippen molar-refractivity contribution < 1.29 is 9.90 Å². The van der Waals surface area contributed by atoms with Crippen LogP contribution < -0.4 is 5.73 Å². The van der Waals surface area contributed by atoms with E-state index in [9.17, 15) is 4.79 Å². The Bertz CT molecular complexity index is 134. The number of carbonyl (C=O) groups is 1. The first-order chi connectivity index (χ1) is 4.36. The molecular formula is C7H16ClNO2. The van der Waals surface area contributed by atoms with E-state index >= 15 is 0 Å². The Morgan fingerprint density at radius 2 is 2.00 bits per heavy atom. The largest absolute Gasteiger partial charge is 0.480 e. The number of carboxylic acids is 1. The highest BCUT2D eigenvalue weighted by Gasteiger charge is 2.28. The molecule has 1 atom stereocenters. The minimum Gasteiger partial charge on any atom is -0.480 e. The SMILES string of the molecule is CC(C)CC(C)(N)C(=O)O.Cl. The Hall–Kier alpha value is -0.280. The molecule has 0 aliphatic carbocycles. The molecule has 0 amide bonds. The number of nitrogens with two attached hydrogens (primary N) is 1. The van der Waals surface area contributed by atoms with Crippen LogP contribution in [0.15, 0.2) is 0 Å². The summed E-state index contributed by atoms with van der Waals surface area (Å²) in [4.78, 5) is 10.4. The molecule has 0 fully saturated rings. The van der Waals surface area contributed by atoms with Crippen LogP contribution in [0.4, 0.5) is 0 Å². The molecule has 0 rings (SSSR count). The van der Waals surface area contributed by atoms with Gasteiger partial charge in [-0.1, -0.05) is 13.8 Å². The summed E-state index contributed by atoms with van der Waals surface area (Å²) < 4.78 is 0. The summed E-state index contributed by atoms with van der Waals surface area (Å²) in [6, 6.07) is 0. The topological polar surface area (TPSA) is 63.3 Å². The van der Waals surface area contributed by atoms with Gasteiger partial charge in [0.15, 0.2) is 0 Å². The summed E-state index contributed by atoms with van der Waals surface area (Å²) in [5, 5.41) is 8.57. The quantitative estimate of drug-likeness (QED) is 0.689. The van der Waals surface area contributed by atoms with Crippen LogP contribution >= 0.6 is 12.4 Å². The van der Waals surface area contributed by atoms with Gasteiger partial charge in [0.2, 0.25) is 0 Å². The molecule has 0 aliphatic heterocycles. The van der Waals surface area contributed by atoms with E-state index in [4.69, 9.17) is 10.8 Å². The van der Waals surface area contributed by atoms with Gasteiger partial charge in [-0.05, 0) is 19.3 Å². The fourth-order valence-corrected chi connectivity index (χ4v) is 0.935. The van der Waals surface area contributed by atoms with Crippen LogP contribution in [-0.4, -0.2) is 16.6 Å². The van der Waals surface area contributed by atoms with Crippen molar-refractivity contribution >= 4 is 18.4 Å². The van der Waals surface area contributed by atoms with Crippen LogP contribution in [0.25, 0.3) is 0 Å². The van der Waals surface area contributed by atoms with Gasteiger partial charge in [0, 0.05) is 0 Å². The normalized spacial score (nSPS) is 15.4. The van der Waals surface area contributed by atoms with Crippen LogP contribution in [0.5, 0.6) is 0 Å². The first-order valence-electron chi connectivity index (χ1n) is 3.38. The molecule has 68 valence electrons. The van der Waals surface area contributed by atoms with Gasteiger partial charge in [0.25, 0.3) is 0 Å². The number of rotatable bonds is 3. The Morgan fingerprint density at radius 1 is 1.64 bits per heavy atom. The second-order valence-electron chi connectivity index (χ2n) is 3.32. The zero-order valence-corrected chi connectivity index (χ0v) is 7.94. The van der Waals surface area contributed by atoms with Crippen molar-refractivity contribution in [2.75, 3.05) is 0 Å². The lowest BCUT2D eigenvalue weighted by molar-refractivity contribution is -0.143. The Morgan fingerprint density at radius 3 is 2.09 bits per heavy atom. The fraction of sp³-hybridized carbons (Fsp3) is 0.857. The van der Waals surface area contributed by atoms with E-state index in [1.54, 1.807) is 0 Å². The lowest BCUT2D eigenvalue weighted by atomic mass is 9.92. The van der Waals surface area contributed by atoms with Gasteiger partial charge in [-0.3, -0.25) is 4.79 Å². The Kier molecular flexibility index (Phi) is 5.53. The molecule has 4 heteroatoms. The van der Waals surface area contributed by atoms with E-state index < -0.39 is 11.5 Å². The molecule has 0 saturated carbocycles.